The summed E-state index contributed by atoms with van der Waals surface area (Å²) in [4.78, 5) is 69.9. The van der Waals surface area contributed by atoms with Crippen molar-refractivity contribution in [3.05, 3.63) is 201 Å². The van der Waals surface area contributed by atoms with E-state index >= 15 is 0 Å². The summed E-state index contributed by atoms with van der Waals surface area (Å²) in [5.74, 6) is 5.54. The van der Waals surface area contributed by atoms with Gasteiger partial charge in [-0.25, -0.2) is 0 Å². The predicted octanol–water partition coefficient (Wildman–Crippen LogP) is 10.9. The van der Waals surface area contributed by atoms with Crippen LogP contribution in [-0.2, 0) is 57.7 Å². The lowest BCUT2D eigenvalue weighted by atomic mass is 9.99. The molecule has 0 radical (unpaired) electrons. The molecule has 3 aliphatic carbocycles. The van der Waals surface area contributed by atoms with Crippen molar-refractivity contribution in [2.24, 2.45) is 23.7 Å². The maximum absolute atomic E-state index is 13.5. The van der Waals surface area contributed by atoms with Crippen molar-refractivity contribution in [1.29, 1.82) is 0 Å². The highest BCUT2D eigenvalue weighted by Gasteiger charge is 2.43. The summed E-state index contributed by atoms with van der Waals surface area (Å²) in [7, 11) is 0. The molecule has 7 aromatic carbocycles. The number of carbonyl (C=O) groups is 4. The molecular formula is C111H156N12O16. The van der Waals surface area contributed by atoms with Crippen LogP contribution in [0.4, 0.5) is 0 Å². The van der Waals surface area contributed by atoms with Crippen molar-refractivity contribution < 1.29 is 77.5 Å². The highest BCUT2D eigenvalue weighted by atomic mass is 16.6. The molecule has 12 atom stereocenters. The van der Waals surface area contributed by atoms with E-state index in [0.717, 1.165) is 185 Å². The number of aliphatic hydroxyl groups is 4. The third-order valence-corrected chi connectivity index (χ3v) is 30.9. The molecule has 9 N–H and O–H groups in total. The van der Waals surface area contributed by atoms with E-state index in [-0.39, 0.29) is 101 Å². The predicted molar refractivity (Wildman–Crippen MR) is 540 cm³/mol. The second-order valence-corrected chi connectivity index (χ2v) is 40.0. The first-order valence-electron chi connectivity index (χ1n) is 50.7. The van der Waals surface area contributed by atoms with Crippen LogP contribution in [0, 0.1) is 23.7 Å². The number of hydrogen-bond donors (Lipinski definition) is 9. The van der Waals surface area contributed by atoms with Crippen LogP contribution in [0.1, 0.15) is 187 Å². The Morgan fingerprint density at radius 1 is 0.295 bits per heavy atom. The van der Waals surface area contributed by atoms with E-state index in [1.165, 1.54) is 84.7 Å². The third-order valence-electron chi connectivity index (χ3n) is 30.9. The Kier molecular flexibility index (Phi) is 36.8. The number of amides is 4. The molecule has 15 aliphatic rings. The molecule has 2 unspecified atom stereocenters. The van der Waals surface area contributed by atoms with Gasteiger partial charge in [-0.05, 0) is 298 Å². The second kappa shape index (κ2) is 49.4. The van der Waals surface area contributed by atoms with E-state index in [4.69, 9.17) is 37.9 Å². The summed E-state index contributed by atoms with van der Waals surface area (Å²) in [5, 5.41) is 61.5. The van der Waals surface area contributed by atoms with Gasteiger partial charge in [-0.1, -0.05) is 127 Å². The Hall–Kier alpha value is -9.66. The van der Waals surface area contributed by atoms with Crippen molar-refractivity contribution in [2.45, 2.75) is 212 Å². The molecule has 139 heavy (non-hydrogen) atoms. The highest BCUT2D eigenvalue weighted by molar-refractivity contribution is 5.81. The van der Waals surface area contributed by atoms with Gasteiger partial charge in [0.2, 0.25) is 23.6 Å². The summed E-state index contributed by atoms with van der Waals surface area (Å²) >= 11 is 0. The van der Waals surface area contributed by atoms with Gasteiger partial charge >= 0.3 is 0 Å². The zero-order chi connectivity index (χ0) is 92.1. The van der Waals surface area contributed by atoms with Gasteiger partial charge in [0.1, 0.15) is 77.3 Å². The minimum absolute atomic E-state index is 0. The smallest absolute Gasteiger partial charge is 0.224 e. The van der Waals surface area contributed by atoms with E-state index in [2.05, 4.69) is 134 Å². The number of hydrogen-bond acceptors (Lipinski definition) is 24. The minimum Gasteiger partial charge on any atom is -0.486 e. The van der Waals surface area contributed by atoms with E-state index in [1.54, 1.807) is 0 Å². The average Bonchev–Trinajstić information content (AvgIpc) is 1.66. The van der Waals surface area contributed by atoms with E-state index in [0.29, 0.717) is 150 Å². The van der Waals surface area contributed by atoms with Gasteiger partial charge in [0.15, 0.2) is 46.0 Å². The molecule has 28 heteroatoms. The molecule has 0 saturated carbocycles. The molecule has 12 aliphatic heterocycles. The zero-order valence-corrected chi connectivity index (χ0v) is 78.4. The van der Waals surface area contributed by atoms with E-state index < -0.39 is 24.4 Å². The van der Waals surface area contributed by atoms with Crippen molar-refractivity contribution >= 4 is 23.6 Å². The molecule has 8 saturated heterocycles. The van der Waals surface area contributed by atoms with Crippen LogP contribution in [0.25, 0.3) is 0 Å². The number of rotatable bonds is 27. The van der Waals surface area contributed by atoms with Gasteiger partial charge < -0.3 is 105 Å². The number of nitrogens with zero attached hydrogens (tertiary/aromatic N) is 7. The minimum atomic E-state index is -0.813. The molecule has 0 aromatic heterocycles. The first kappa shape index (κ1) is 104. The Balaban J connectivity index is 0.000000140. The molecule has 28 nitrogen and oxygen atoms in total. The Morgan fingerprint density at radius 3 is 0.741 bits per heavy atom. The molecule has 756 valence electrons. The average molecular weight is 1910 g/mol. The number of ether oxygens (including phenoxy) is 8. The maximum atomic E-state index is 13.5. The van der Waals surface area contributed by atoms with Gasteiger partial charge in [0, 0.05) is 70.5 Å². The molecule has 8 fully saturated rings. The molecule has 7 aromatic rings. The molecule has 22 rings (SSSR count). The largest absolute Gasteiger partial charge is 0.486 e. The standard InChI is InChI=1S/3C29H37N3O4.C20H29N3O4.4CH4/c3*33-28(22-7-8-26-27(17-22)36-14-13-35-26)25(19-31-10-3-4-11-31)30-29(34)23-9-12-32(18-23)24-15-20-5-1-2-6-21(20)16-24;24-19(14-3-4-17-18(11-14)27-10-9-26-17)16(13-23-7-1-2-8-23)22-20(25)15-5-6-21-12-15;;;;/h3*1-2,5-8,17,23-25,28,33H,3-4,9-16,18-19H2,(H,30,34);3-4,11,15-16,19,21,24H,1-2,5-10,12-13H2,(H,22,25);4*1H4/t23?,25-,28-;23-,25+,28+;23-,25-,28-;15?,16-,19-;;;;/m1011..../s1. The van der Waals surface area contributed by atoms with Crippen molar-refractivity contribution in [3.8, 4) is 46.0 Å². The molecule has 0 bridgehead atoms. The SMILES string of the molecule is C.C.C.C.O=C(N[C@H](CN1CCCC1)[C@H](O)c1ccc2c(c1)OCCO2)C1CCN(C2Cc3ccccc3C2)C1.O=C(N[C@H](CN1CCCC1)[C@H](O)c1ccc2c(c1)OCCO2)C1CCNC1.O=C(N[C@H](CN1CCCC1)[C@H](O)c1ccc2c(c1)OCCO2)[C@@H]1CCN(C2Cc3ccccc3C2)C1.O=C(N[C@H](CN1CCCC1)[C@H](O)c1ccc2c(c1)OCCO2)[C@H]1CCN(C2Cc3ccccc3C2)C1. The van der Waals surface area contributed by atoms with Crippen LogP contribution in [0.15, 0.2) is 146 Å². The van der Waals surface area contributed by atoms with Crippen LogP contribution in [0.5, 0.6) is 46.0 Å². The fraction of sp³-hybridized carbons (Fsp3) is 0.586. The third kappa shape index (κ3) is 25.9. The fourth-order valence-corrected chi connectivity index (χ4v) is 23.2. The quantitative estimate of drug-likeness (QED) is 0.0231. The van der Waals surface area contributed by atoms with Crippen molar-refractivity contribution in [3.63, 3.8) is 0 Å². The lowest BCUT2D eigenvalue weighted by Crippen LogP contribution is -2.49. The normalized spacial score (nSPS) is 23.4. The van der Waals surface area contributed by atoms with Crippen LogP contribution in [-0.4, -0.2) is 304 Å². The van der Waals surface area contributed by atoms with Gasteiger partial charge in [0.05, 0.1) is 47.8 Å². The lowest BCUT2D eigenvalue weighted by molar-refractivity contribution is -0.127. The van der Waals surface area contributed by atoms with Gasteiger partial charge in [0.25, 0.3) is 0 Å². The zero-order valence-electron chi connectivity index (χ0n) is 78.4. The molecule has 12 heterocycles. The van der Waals surface area contributed by atoms with Crippen molar-refractivity contribution in [2.75, 3.05) is 184 Å². The monoisotopic (exact) mass is 1910 g/mol. The summed E-state index contributed by atoms with van der Waals surface area (Å²) in [5.41, 5.74) is 11.7. The first-order valence-corrected chi connectivity index (χ1v) is 50.7. The van der Waals surface area contributed by atoms with Gasteiger partial charge in [-0.3, -0.25) is 33.9 Å². The van der Waals surface area contributed by atoms with Crippen molar-refractivity contribution in [1.82, 2.24) is 60.9 Å². The van der Waals surface area contributed by atoms with Crippen LogP contribution < -0.4 is 64.5 Å². The van der Waals surface area contributed by atoms with E-state index in [9.17, 15) is 39.6 Å². The second-order valence-electron chi connectivity index (χ2n) is 40.0. The number of benzene rings is 7. The summed E-state index contributed by atoms with van der Waals surface area (Å²) < 4.78 is 45.3. The van der Waals surface area contributed by atoms with Crippen LogP contribution >= 0.6 is 0 Å². The lowest BCUT2D eigenvalue weighted by Gasteiger charge is -2.30. The van der Waals surface area contributed by atoms with E-state index in [1.807, 2.05) is 72.8 Å². The Morgan fingerprint density at radius 2 is 0.518 bits per heavy atom. The summed E-state index contributed by atoms with van der Waals surface area (Å²) in [6.45, 7) is 21.7. The highest BCUT2D eigenvalue weighted by Crippen LogP contribution is 2.41. The van der Waals surface area contributed by atoms with Crippen LogP contribution in [0.3, 0.4) is 0 Å². The maximum Gasteiger partial charge on any atom is 0.224 e. The van der Waals surface area contributed by atoms with Gasteiger partial charge in [-0.2, -0.15) is 0 Å². The summed E-state index contributed by atoms with van der Waals surface area (Å²) in [6, 6.07) is 48.5. The number of fused-ring (bicyclic) bond motifs is 7. The fourth-order valence-electron chi connectivity index (χ4n) is 23.2. The number of carbonyl (C=O) groups excluding carboxylic acids is 4. The Bertz CT molecular complexity index is 4680. The molecule has 4 amide bonds. The Labute approximate surface area is 824 Å². The van der Waals surface area contributed by atoms with Gasteiger partial charge in [-0.15, -0.1) is 0 Å². The molecular weight excluding hydrogens is 1760 g/mol. The number of aliphatic hydroxyl groups excluding tert-OH is 4. The summed E-state index contributed by atoms with van der Waals surface area (Å²) in [6.07, 6.45) is 16.0. The number of nitrogens with one attached hydrogen (secondary N) is 5. The number of likely N-dealkylation sites (tertiary alicyclic amines) is 7. The van der Waals surface area contributed by atoms with Crippen LogP contribution in [0.2, 0.25) is 0 Å². The molecule has 0 spiro atoms. The topological polar surface area (TPSA) is 306 Å². The first-order chi connectivity index (χ1) is 66.1.